The Balaban J connectivity index is 2.22. The van der Waals surface area contributed by atoms with E-state index in [9.17, 15) is 38.4 Å². The Hall–Kier alpha value is -0.740. The summed E-state index contributed by atoms with van der Waals surface area (Å²) >= 11 is 5.88. The van der Waals surface area contributed by atoms with Gasteiger partial charge < -0.3 is 34.5 Å². The van der Waals surface area contributed by atoms with Crippen molar-refractivity contribution < 1.29 is 62.7 Å². The van der Waals surface area contributed by atoms with Crippen molar-refractivity contribution in [3.05, 3.63) is 33.1 Å². The topological polar surface area (TPSA) is 264 Å². The number of nitrogens with zero attached hydrogens (tertiary/aromatic N) is 1. The van der Waals surface area contributed by atoms with E-state index in [-0.39, 0.29) is 0 Å². The number of phosphoric acid groups is 3. The third-order valence-corrected chi connectivity index (χ3v) is 7.36. The Morgan fingerprint density at radius 1 is 1.20 bits per heavy atom. The van der Waals surface area contributed by atoms with Gasteiger partial charge in [0.15, 0.2) is 11.3 Å². The van der Waals surface area contributed by atoms with E-state index in [1.165, 1.54) is 0 Å². The van der Waals surface area contributed by atoms with Gasteiger partial charge in [-0.3, -0.25) is 18.9 Å². The molecule has 17 nitrogen and oxygen atoms in total. The van der Waals surface area contributed by atoms with E-state index in [2.05, 4.69) is 13.1 Å². The van der Waals surface area contributed by atoms with Gasteiger partial charge in [-0.1, -0.05) is 11.6 Å². The first kappa shape index (κ1) is 23.9. The largest absolute Gasteiger partial charge is 0.490 e. The molecule has 0 saturated carbocycles. The number of hydrogen-bond donors (Lipinski definition) is 7. The summed E-state index contributed by atoms with van der Waals surface area (Å²) in [4.78, 5) is 60.2. The summed E-state index contributed by atoms with van der Waals surface area (Å²) in [6.07, 6.45) is -6.77. The second-order valence-electron chi connectivity index (χ2n) is 5.46. The zero-order valence-corrected chi connectivity index (χ0v) is 17.5. The highest BCUT2D eigenvalue weighted by Crippen LogP contribution is 2.66. The number of halogens is 1. The monoisotopic (exact) mass is 519 g/mol. The maximum atomic E-state index is 11.9. The zero-order valence-electron chi connectivity index (χ0n) is 15.0. The zero-order chi connectivity index (χ0) is 24.0. The first-order valence-corrected chi connectivity index (χ1v) is 12.1. The van der Waals surface area contributed by atoms with Crippen LogP contribution in [0, 0.1) is 0 Å². The molecule has 30 heavy (non-hydrogen) atoms. The molecule has 1 aliphatic rings. The number of H-pyrrole nitrogens is 1. The molecular weight excluding hydrogens is 504 g/mol. The molecule has 1 aromatic rings. The summed E-state index contributed by atoms with van der Waals surface area (Å²) in [5.41, 5.74) is -2.13. The second-order valence-corrected chi connectivity index (χ2v) is 10.5. The molecule has 6 atom stereocenters. The SMILES string of the molecule is [2H][C@@]1(n2ccc(=O)[nH]c2=O)O[C@](Cl)(COP(=O)(O)OP(=O)(O)OP(=O)(O)O)[C@@H](O)[C@H]1O. The standard InChI is InChI=1S/C9H14ClN2O15P3/c10-9(3-24-29(20,21)27-30(22,23)26-28(17,18)19)6(15)5(14)7(25-9)12-2-1-4(13)11-8(12)16/h1-2,5-7,14-15H,3H2,(H,20,21)(H,22,23)(H,11,13,16)(H2,17,18,19)/t5-,6+,7-,9-/m1/s1/i7D. The molecule has 0 spiro atoms. The quantitative estimate of drug-likeness (QED) is 0.145. The predicted molar refractivity (Wildman–Crippen MR) is 91.9 cm³/mol. The fourth-order valence-electron chi connectivity index (χ4n) is 2.04. The number of ether oxygens (including phenoxy) is 1. The summed E-state index contributed by atoms with van der Waals surface area (Å²) in [5.74, 6) is 0. The van der Waals surface area contributed by atoms with Gasteiger partial charge in [0.05, 0.1) is 1.37 Å². The summed E-state index contributed by atoms with van der Waals surface area (Å²) in [7, 11) is -17.2. The van der Waals surface area contributed by atoms with Crippen molar-refractivity contribution in [1.29, 1.82) is 0 Å². The molecule has 1 saturated heterocycles. The van der Waals surface area contributed by atoms with Crippen LogP contribution in [0.25, 0.3) is 0 Å². The third kappa shape index (κ3) is 6.38. The lowest BCUT2D eigenvalue weighted by atomic mass is 10.1. The molecule has 0 aromatic carbocycles. The van der Waals surface area contributed by atoms with Crippen LogP contribution >= 0.6 is 35.1 Å². The van der Waals surface area contributed by atoms with Gasteiger partial charge >= 0.3 is 29.2 Å². The molecule has 2 heterocycles. The fourth-order valence-corrected chi connectivity index (χ4v) is 5.41. The number of alkyl halides is 1. The van der Waals surface area contributed by atoms with Crippen molar-refractivity contribution >= 4 is 35.1 Å². The number of rotatable bonds is 8. The van der Waals surface area contributed by atoms with Crippen LogP contribution in [0.15, 0.2) is 21.9 Å². The van der Waals surface area contributed by atoms with Gasteiger partial charge in [-0.15, -0.1) is 0 Å². The van der Waals surface area contributed by atoms with Crippen molar-refractivity contribution in [2.45, 2.75) is 23.5 Å². The molecule has 0 amide bonds. The van der Waals surface area contributed by atoms with Crippen LogP contribution in [-0.4, -0.2) is 63.2 Å². The van der Waals surface area contributed by atoms with E-state index in [0.717, 1.165) is 12.3 Å². The minimum atomic E-state index is -5.84. The van der Waals surface area contributed by atoms with Gasteiger partial charge in [-0.05, 0) is 0 Å². The van der Waals surface area contributed by atoms with Crippen LogP contribution < -0.4 is 11.2 Å². The summed E-state index contributed by atoms with van der Waals surface area (Å²) in [6, 6.07) is 0.764. The van der Waals surface area contributed by atoms with Crippen molar-refractivity contribution in [3.63, 3.8) is 0 Å². The van der Waals surface area contributed by atoms with Gasteiger partial charge in [0, 0.05) is 12.3 Å². The van der Waals surface area contributed by atoms with Crippen molar-refractivity contribution in [2.75, 3.05) is 6.61 Å². The molecule has 7 N–H and O–H groups in total. The number of aliphatic hydroxyl groups excluding tert-OH is 2. The first-order valence-electron chi connectivity index (χ1n) is 7.66. The smallest absolute Gasteiger partial charge is 0.386 e. The van der Waals surface area contributed by atoms with Crippen molar-refractivity contribution in [2.24, 2.45) is 0 Å². The van der Waals surface area contributed by atoms with Crippen LogP contribution in [0.4, 0.5) is 0 Å². The molecule has 0 radical (unpaired) electrons. The Morgan fingerprint density at radius 2 is 1.80 bits per heavy atom. The lowest BCUT2D eigenvalue weighted by molar-refractivity contribution is -0.0773. The number of nitrogens with one attached hydrogen (secondary N) is 1. The number of phosphoric ester groups is 1. The molecule has 2 unspecified atom stereocenters. The van der Waals surface area contributed by atoms with E-state index >= 15 is 0 Å². The summed E-state index contributed by atoms with van der Waals surface area (Å²) in [6.45, 7) is -1.45. The van der Waals surface area contributed by atoms with Crippen LogP contribution in [-0.2, 0) is 31.6 Å². The van der Waals surface area contributed by atoms with E-state index in [1.54, 1.807) is 4.98 Å². The number of aromatic nitrogens is 2. The molecule has 0 aliphatic carbocycles. The van der Waals surface area contributed by atoms with Gasteiger partial charge in [-0.2, -0.15) is 8.62 Å². The molecule has 21 heteroatoms. The second kappa shape index (κ2) is 8.65. The van der Waals surface area contributed by atoms with Crippen LogP contribution in [0.1, 0.15) is 7.57 Å². The Kier molecular flexibility index (Phi) is 6.90. The van der Waals surface area contributed by atoms with Gasteiger partial charge in [0.2, 0.25) is 0 Å². The first-order chi connectivity index (χ1) is 13.8. The van der Waals surface area contributed by atoms with E-state index < -0.39 is 64.8 Å². The maximum absolute atomic E-state index is 11.9. The fraction of sp³-hybridized carbons (Fsp3) is 0.556. The highest BCUT2D eigenvalue weighted by molar-refractivity contribution is 7.66. The minimum absolute atomic E-state index is 0.317. The number of aromatic amines is 1. The van der Waals surface area contributed by atoms with Crippen LogP contribution in [0.2, 0.25) is 0 Å². The minimum Gasteiger partial charge on any atom is -0.386 e. The predicted octanol–water partition coefficient (Wildman–Crippen LogP) is -1.93. The van der Waals surface area contributed by atoms with E-state index in [1.807, 2.05) is 0 Å². The van der Waals surface area contributed by atoms with Crippen LogP contribution in [0.5, 0.6) is 0 Å². The Labute approximate surface area is 171 Å². The summed E-state index contributed by atoms with van der Waals surface area (Å²) < 4.78 is 58.2. The lowest BCUT2D eigenvalue weighted by Gasteiger charge is -2.25. The average Bonchev–Trinajstić information content (AvgIpc) is 2.71. The summed E-state index contributed by atoms with van der Waals surface area (Å²) in [5, 5.41) is 17.5. The molecule has 1 aliphatic heterocycles. The highest BCUT2D eigenvalue weighted by atomic mass is 35.5. The van der Waals surface area contributed by atoms with Gasteiger partial charge in [0.1, 0.15) is 18.8 Å². The average molecular weight is 520 g/mol. The maximum Gasteiger partial charge on any atom is 0.490 e. The molecule has 1 fully saturated rings. The normalized spacial score (nSPS) is 34.2. The molecule has 172 valence electrons. The third-order valence-electron chi connectivity index (χ3n) is 3.17. The van der Waals surface area contributed by atoms with E-state index in [0.29, 0.717) is 4.57 Å². The Bertz CT molecular complexity index is 1100. The Morgan fingerprint density at radius 3 is 2.33 bits per heavy atom. The van der Waals surface area contributed by atoms with Crippen molar-refractivity contribution in [3.8, 4) is 0 Å². The lowest BCUT2D eigenvalue weighted by Crippen LogP contribution is -2.42. The molecule has 0 bridgehead atoms. The van der Waals surface area contributed by atoms with Crippen molar-refractivity contribution in [1.82, 2.24) is 9.55 Å². The highest BCUT2D eigenvalue weighted by Gasteiger charge is 2.56. The van der Waals surface area contributed by atoms with Gasteiger partial charge in [0.25, 0.3) is 5.56 Å². The van der Waals surface area contributed by atoms with Gasteiger partial charge in [-0.25, -0.2) is 18.5 Å². The number of hydrogen-bond acceptors (Lipinski definition) is 11. The van der Waals surface area contributed by atoms with E-state index in [4.69, 9.17) is 32.4 Å². The number of aliphatic hydroxyl groups is 2. The molecular formula is C9H14ClN2O15P3. The molecule has 1 aromatic heterocycles. The molecule has 2 rings (SSSR count). The van der Waals surface area contributed by atoms with Crippen LogP contribution in [0.3, 0.4) is 0 Å².